The summed E-state index contributed by atoms with van der Waals surface area (Å²) in [5, 5.41) is 4.27. The highest BCUT2D eigenvalue weighted by Gasteiger charge is 2.27. The maximum atomic E-state index is 4.75. The highest BCUT2D eigenvalue weighted by atomic mass is 15.0. The van der Waals surface area contributed by atoms with Crippen molar-refractivity contribution in [2.24, 2.45) is 0 Å². The average Bonchev–Trinajstić information content (AvgIpc) is 3.39. The minimum Gasteiger partial charge on any atom is -0.373 e. The van der Waals surface area contributed by atoms with Crippen LogP contribution in [0.4, 0.5) is 5.82 Å². The predicted molar refractivity (Wildman–Crippen MR) is 84.3 cm³/mol. The molecule has 0 amide bonds. The van der Waals surface area contributed by atoms with Gasteiger partial charge in [0.25, 0.3) is 0 Å². The van der Waals surface area contributed by atoms with Crippen LogP contribution in [0.25, 0.3) is 22.2 Å². The van der Waals surface area contributed by atoms with Crippen LogP contribution in [0.1, 0.15) is 24.6 Å². The molecule has 1 fully saturated rings. The molecular formula is C17H16N4. The van der Waals surface area contributed by atoms with E-state index in [1.54, 1.807) is 0 Å². The SMILES string of the molecule is CNc1cc(-c2ccc3ncccc3c2)nc(C2CC2)n1. The fourth-order valence-corrected chi connectivity index (χ4v) is 2.50. The van der Waals surface area contributed by atoms with Crippen molar-refractivity contribution in [3.05, 3.63) is 48.4 Å². The van der Waals surface area contributed by atoms with Gasteiger partial charge in [-0.1, -0.05) is 12.1 Å². The molecule has 0 aliphatic heterocycles. The second-order valence-corrected chi connectivity index (χ2v) is 5.43. The highest BCUT2D eigenvalue weighted by Crippen LogP contribution is 2.39. The van der Waals surface area contributed by atoms with Gasteiger partial charge in [0.05, 0.1) is 11.2 Å². The molecular weight excluding hydrogens is 260 g/mol. The first-order chi connectivity index (χ1) is 10.3. The molecule has 0 unspecified atom stereocenters. The second-order valence-electron chi connectivity index (χ2n) is 5.43. The molecule has 2 aromatic heterocycles. The van der Waals surface area contributed by atoms with E-state index in [4.69, 9.17) is 4.98 Å². The van der Waals surface area contributed by atoms with Crippen molar-refractivity contribution in [2.45, 2.75) is 18.8 Å². The topological polar surface area (TPSA) is 50.7 Å². The van der Waals surface area contributed by atoms with Gasteiger partial charge in [0, 0.05) is 36.2 Å². The monoisotopic (exact) mass is 276 g/mol. The summed E-state index contributed by atoms with van der Waals surface area (Å²) in [5.41, 5.74) is 3.09. The standard InChI is InChI=1S/C17H16N4/c1-18-16-10-15(20-17(21-16)11-4-5-11)13-6-7-14-12(9-13)3-2-8-19-14/h2-3,6-11H,4-5H2,1H3,(H,18,20,21). The van der Waals surface area contributed by atoms with E-state index in [0.29, 0.717) is 5.92 Å². The van der Waals surface area contributed by atoms with Gasteiger partial charge in [-0.2, -0.15) is 0 Å². The van der Waals surface area contributed by atoms with Crippen LogP contribution in [0, 0.1) is 0 Å². The molecule has 21 heavy (non-hydrogen) atoms. The first-order valence-corrected chi connectivity index (χ1v) is 7.25. The Kier molecular flexibility index (Phi) is 2.81. The molecule has 0 atom stereocenters. The third-order valence-corrected chi connectivity index (χ3v) is 3.84. The molecule has 104 valence electrons. The second kappa shape index (κ2) is 4.81. The van der Waals surface area contributed by atoms with E-state index in [1.807, 2.05) is 31.4 Å². The van der Waals surface area contributed by atoms with Gasteiger partial charge >= 0.3 is 0 Å². The van der Waals surface area contributed by atoms with Gasteiger partial charge in [0.15, 0.2) is 0 Å². The maximum Gasteiger partial charge on any atom is 0.134 e. The van der Waals surface area contributed by atoms with Crippen molar-refractivity contribution < 1.29 is 0 Å². The van der Waals surface area contributed by atoms with Crippen LogP contribution in [0.3, 0.4) is 0 Å². The Bertz CT molecular complexity index is 809. The lowest BCUT2D eigenvalue weighted by Crippen LogP contribution is -2.00. The number of benzene rings is 1. The number of nitrogens with zero attached hydrogens (tertiary/aromatic N) is 3. The zero-order chi connectivity index (χ0) is 14.2. The first-order valence-electron chi connectivity index (χ1n) is 7.25. The Hall–Kier alpha value is -2.49. The zero-order valence-electron chi connectivity index (χ0n) is 11.9. The number of aromatic nitrogens is 3. The molecule has 0 saturated heterocycles. The summed E-state index contributed by atoms with van der Waals surface area (Å²) in [5.74, 6) is 2.38. The molecule has 4 rings (SSSR count). The normalized spacial score (nSPS) is 14.3. The Labute approximate surface area is 123 Å². The number of anilines is 1. The molecule has 4 heteroatoms. The molecule has 1 aliphatic rings. The third kappa shape index (κ3) is 2.33. The van der Waals surface area contributed by atoms with Crippen LogP contribution in [-0.4, -0.2) is 22.0 Å². The maximum absolute atomic E-state index is 4.75. The van der Waals surface area contributed by atoms with Crippen LogP contribution in [-0.2, 0) is 0 Å². The Morgan fingerprint density at radius 3 is 2.81 bits per heavy atom. The van der Waals surface area contributed by atoms with Gasteiger partial charge < -0.3 is 5.32 Å². The molecule has 1 aliphatic carbocycles. The summed E-state index contributed by atoms with van der Waals surface area (Å²) < 4.78 is 0. The van der Waals surface area contributed by atoms with E-state index in [0.717, 1.165) is 33.8 Å². The Balaban J connectivity index is 1.84. The van der Waals surface area contributed by atoms with E-state index in [1.165, 1.54) is 12.8 Å². The predicted octanol–water partition coefficient (Wildman–Crippen LogP) is 3.61. The smallest absolute Gasteiger partial charge is 0.134 e. The summed E-state index contributed by atoms with van der Waals surface area (Å²) >= 11 is 0. The van der Waals surface area contributed by atoms with E-state index in [2.05, 4.69) is 33.5 Å². The minimum atomic E-state index is 0.541. The van der Waals surface area contributed by atoms with Gasteiger partial charge in [0.1, 0.15) is 11.6 Å². The highest BCUT2D eigenvalue weighted by molar-refractivity contribution is 5.83. The fourth-order valence-electron chi connectivity index (χ4n) is 2.50. The number of hydrogen-bond acceptors (Lipinski definition) is 4. The van der Waals surface area contributed by atoms with Crippen molar-refractivity contribution >= 4 is 16.7 Å². The third-order valence-electron chi connectivity index (χ3n) is 3.84. The minimum absolute atomic E-state index is 0.541. The van der Waals surface area contributed by atoms with Crippen molar-refractivity contribution in [3.63, 3.8) is 0 Å². The largest absolute Gasteiger partial charge is 0.373 e. The van der Waals surface area contributed by atoms with E-state index in [9.17, 15) is 0 Å². The lowest BCUT2D eigenvalue weighted by atomic mass is 10.1. The Morgan fingerprint density at radius 2 is 2.00 bits per heavy atom. The van der Waals surface area contributed by atoms with E-state index < -0.39 is 0 Å². The van der Waals surface area contributed by atoms with Crippen LogP contribution < -0.4 is 5.32 Å². The van der Waals surface area contributed by atoms with Gasteiger partial charge in [0.2, 0.25) is 0 Å². The van der Waals surface area contributed by atoms with Crippen LogP contribution in [0.15, 0.2) is 42.6 Å². The molecule has 1 aromatic carbocycles. The van der Waals surface area contributed by atoms with Gasteiger partial charge in [-0.15, -0.1) is 0 Å². The number of rotatable bonds is 3. The molecule has 1 saturated carbocycles. The Morgan fingerprint density at radius 1 is 1.10 bits per heavy atom. The van der Waals surface area contributed by atoms with Gasteiger partial charge in [-0.25, -0.2) is 9.97 Å². The lowest BCUT2D eigenvalue weighted by molar-refractivity contribution is 0.932. The fraction of sp³-hybridized carbons (Fsp3) is 0.235. The van der Waals surface area contributed by atoms with Crippen LogP contribution in [0.2, 0.25) is 0 Å². The quantitative estimate of drug-likeness (QED) is 0.794. The molecule has 3 aromatic rings. The molecule has 1 N–H and O–H groups in total. The van der Waals surface area contributed by atoms with Gasteiger partial charge in [-0.3, -0.25) is 4.98 Å². The number of hydrogen-bond donors (Lipinski definition) is 1. The number of nitrogens with one attached hydrogen (secondary N) is 1. The number of fused-ring (bicyclic) bond motifs is 1. The summed E-state index contributed by atoms with van der Waals surface area (Å²) in [7, 11) is 1.90. The molecule has 0 radical (unpaired) electrons. The first kappa shape index (κ1) is 12.3. The summed E-state index contributed by atoms with van der Waals surface area (Å²) in [6.45, 7) is 0. The zero-order valence-corrected chi connectivity index (χ0v) is 11.9. The molecule has 0 bridgehead atoms. The van der Waals surface area contributed by atoms with E-state index >= 15 is 0 Å². The van der Waals surface area contributed by atoms with E-state index in [-0.39, 0.29) is 0 Å². The van der Waals surface area contributed by atoms with Crippen LogP contribution >= 0.6 is 0 Å². The van der Waals surface area contributed by atoms with Crippen molar-refractivity contribution in [3.8, 4) is 11.3 Å². The summed E-state index contributed by atoms with van der Waals surface area (Å²) in [4.78, 5) is 13.7. The van der Waals surface area contributed by atoms with Crippen LogP contribution in [0.5, 0.6) is 0 Å². The summed E-state index contributed by atoms with van der Waals surface area (Å²) in [6, 6.07) is 12.3. The van der Waals surface area contributed by atoms with Crippen molar-refractivity contribution in [1.29, 1.82) is 0 Å². The van der Waals surface area contributed by atoms with Gasteiger partial charge in [-0.05, 0) is 31.0 Å². The average molecular weight is 276 g/mol. The van der Waals surface area contributed by atoms with Crippen molar-refractivity contribution in [1.82, 2.24) is 15.0 Å². The summed E-state index contributed by atoms with van der Waals surface area (Å²) in [6.07, 6.45) is 4.22. The molecule has 0 spiro atoms. The van der Waals surface area contributed by atoms with Crippen molar-refractivity contribution in [2.75, 3.05) is 12.4 Å². The molecule has 4 nitrogen and oxygen atoms in total. The number of pyridine rings is 1. The lowest BCUT2D eigenvalue weighted by Gasteiger charge is -2.08. The molecule has 2 heterocycles.